The van der Waals surface area contributed by atoms with Crippen LogP contribution in [0.25, 0.3) is 0 Å². The van der Waals surface area contributed by atoms with E-state index in [0.29, 0.717) is 6.04 Å². The number of nitrogens with one attached hydrogen (secondary N) is 1. The lowest BCUT2D eigenvalue weighted by atomic mass is 9.99. The lowest BCUT2D eigenvalue weighted by Crippen LogP contribution is -2.31. The first kappa shape index (κ1) is 15.6. The molecule has 0 saturated carbocycles. The number of methoxy groups -OCH3 is 1. The molecule has 0 atom stereocenters. The van der Waals surface area contributed by atoms with Crippen LogP contribution in [-0.4, -0.2) is 29.7 Å². The minimum absolute atomic E-state index is 0.353. The third-order valence-electron chi connectivity index (χ3n) is 4.01. The summed E-state index contributed by atoms with van der Waals surface area (Å²) in [6, 6.07) is 8.72. The highest BCUT2D eigenvalue weighted by atomic mass is 16.5. The summed E-state index contributed by atoms with van der Waals surface area (Å²) in [5.41, 5.74) is 2.71. The monoisotopic (exact) mass is 312 g/mol. The van der Waals surface area contributed by atoms with Gasteiger partial charge in [-0.05, 0) is 50.5 Å². The van der Waals surface area contributed by atoms with Crippen molar-refractivity contribution in [1.29, 1.82) is 0 Å². The van der Waals surface area contributed by atoms with Gasteiger partial charge in [-0.2, -0.15) is 0 Å². The molecule has 0 bridgehead atoms. The maximum Gasteiger partial charge on any atom is 0.134 e. The molecule has 1 N–H and O–H groups in total. The van der Waals surface area contributed by atoms with Gasteiger partial charge in [-0.15, -0.1) is 0 Å². The fraction of sp³-hybridized carbons (Fsp3) is 0.444. The van der Waals surface area contributed by atoms with Gasteiger partial charge in [0.05, 0.1) is 7.11 Å². The van der Waals surface area contributed by atoms with Crippen molar-refractivity contribution in [3.63, 3.8) is 0 Å². The van der Waals surface area contributed by atoms with E-state index >= 15 is 0 Å². The van der Waals surface area contributed by atoms with Crippen molar-refractivity contribution in [2.24, 2.45) is 0 Å². The molecule has 0 amide bonds. The minimum Gasteiger partial charge on any atom is -0.497 e. The average Bonchev–Trinajstić information content (AvgIpc) is 2.52. The zero-order chi connectivity index (χ0) is 16.4. The van der Waals surface area contributed by atoms with E-state index in [4.69, 9.17) is 4.74 Å². The SMILES string of the molecule is COc1ccc2c(c1)CCN(c1cc(NC(C)C)nc(C)n1)C2. The van der Waals surface area contributed by atoms with Crippen molar-refractivity contribution in [2.45, 2.75) is 39.8 Å². The lowest BCUT2D eigenvalue weighted by Gasteiger charge is -2.30. The van der Waals surface area contributed by atoms with Crippen LogP contribution in [0.2, 0.25) is 0 Å². The number of anilines is 2. The highest BCUT2D eigenvalue weighted by Crippen LogP contribution is 2.27. The summed E-state index contributed by atoms with van der Waals surface area (Å²) >= 11 is 0. The first-order valence-corrected chi connectivity index (χ1v) is 8.08. The summed E-state index contributed by atoms with van der Waals surface area (Å²) < 4.78 is 5.32. The molecule has 0 saturated heterocycles. The lowest BCUT2D eigenvalue weighted by molar-refractivity contribution is 0.413. The maximum atomic E-state index is 5.32. The molecular weight excluding hydrogens is 288 g/mol. The average molecular weight is 312 g/mol. The molecule has 1 aromatic heterocycles. The van der Waals surface area contributed by atoms with Gasteiger partial charge in [-0.3, -0.25) is 0 Å². The minimum atomic E-state index is 0.353. The summed E-state index contributed by atoms with van der Waals surface area (Å²) in [5.74, 6) is 3.61. The quantitative estimate of drug-likeness (QED) is 0.939. The van der Waals surface area contributed by atoms with Gasteiger partial charge in [0.2, 0.25) is 0 Å². The number of aromatic nitrogens is 2. The van der Waals surface area contributed by atoms with E-state index in [1.54, 1.807) is 7.11 Å². The molecule has 0 unspecified atom stereocenters. The second kappa shape index (κ2) is 6.44. The summed E-state index contributed by atoms with van der Waals surface area (Å²) in [7, 11) is 1.71. The topological polar surface area (TPSA) is 50.3 Å². The summed E-state index contributed by atoms with van der Waals surface area (Å²) in [4.78, 5) is 11.4. The molecule has 2 heterocycles. The molecule has 5 nitrogen and oxygen atoms in total. The van der Waals surface area contributed by atoms with Crippen LogP contribution in [0.1, 0.15) is 30.8 Å². The van der Waals surface area contributed by atoms with Gasteiger partial charge < -0.3 is 15.0 Å². The van der Waals surface area contributed by atoms with E-state index in [2.05, 4.69) is 46.2 Å². The summed E-state index contributed by atoms with van der Waals surface area (Å²) in [6.45, 7) is 8.00. The van der Waals surface area contributed by atoms with Crippen molar-refractivity contribution >= 4 is 11.6 Å². The molecule has 122 valence electrons. The Morgan fingerprint density at radius 2 is 2.00 bits per heavy atom. The van der Waals surface area contributed by atoms with E-state index in [0.717, 1.165) is 42.7 Å². The second-order valence-electron chi connectivity index (χ2n) is 6.26. The van der Waals surface area contributed by atoms with Crippen LogP contribution in [0, 0.1) is 6.92 Å². The van der Waals surface area contributed by atoms with Gasteiger partial charge in [-0.25, -0.2) is 9.97 Å². The van der Waals surface area contributed by atoms with Crippen LogP contribution in [0.15, 0.2) is 24.3 Å². The van der Waals surface area contributed by atoms with Crippen LogP contribution >= 0.6 is 0 Å². The maximum absolute atomic E-state index is 5.32. The fourth-order valence-corrected chi connectivity index (χ4v) is 2.94. The predicted molar refractivity (Wildman–Crippen MR) is 93.3 cm³/mol. The van der Waals surface area contributed by atoms with Crippen molar-refractivity contribution in [3.05, 3.63) is 41.2 Å². The number of hydrogen-bond acceptors (Lipinski definition) is 5. The van der Waals surface area contributed by atoms with Crippen molar-refractivity contribution < 1.29 is 4.74 Å². The van der Waals surface area contributed by atoms with Crippen molar-refractivity contribution in [2.75, 3.05) is 23.9 Å². The van der Waals surface area contributed by atoms with E-state index in [9.17, 15) is 0 Å². The van der Waals surface area contributed by atoms with E-state index in [-0.39, 0.29) is 0 Å². The Morgan fingerprint density at radius 1 is 1.17 bits per heavy atom. The molecule has 0 spiro atoms. The molecule has 0 fully saturated rings. The molecule has 2 aromatic rings. The van der Waals surface area contributed by atoms with Gasteiger partial charge in [0.1, 0.15) is 23.2 Å². The summed E-state index contributed by atoms with van der Waals surface area (Å²) in [5, 5.41) is 3.36. The fourth-order valence-electron chi connectivity index (χ4n) is 2.94. The standard InChI is InChI=1S/C18H24N4O/c1-12(2)19-17-10-18(21-13(3)20-17)22-8-7-14-9-16(23-4)6-5-15(14)11-22/h5-6,9-10,12H,7-8,11H2,1-4H3,(H,19,20,21). The van der Waals surface area contributed by atoms with Gasteiger partial charge in [-0.1, -0.05) is 6.07 Å². The molecule has 1 aliphatic heterocycles. The Balaban J connectivity index is 1.84. The van der Waals surface area contributed by atoms with E-state index in [1.165, 1.54) is 11.1 Å². The Labute approximate surface area is 137 Å². The number of hydrogen-bond donors (Lipinski definition) is 1. The number of aryl methyl sites for hydroxylation is 1. The number of ether oxygens (including phenoxy) is 1. The number of benzene rings is 1. The van der Waals surface area contributed by atoms with Gasteiger partial charge in [0, 0.05) is 25.2 Å². The molecule has 1 aromatic carbocycles. The number of rotatable bonds is 4. The van der Waals surface area contributed by atoms with E-state index in [1.807, 2.05) is 19.1 Å². The van der Waals surface area contributed by atoms with Gasteiger partial charge in [0.15, 0.2) is 0 Å². The van der Waals surface area contributed by atoms with Crippen molar-refractivity contribution in [3.8, 4) is 5.75 Å². The third-order valence-corrected chi connectivity index (χ3v) is 4.01. The third kappa shape index (κ3) is 3.55. The van der Waals surface area contributed by atoms with E-state index < -0.39 is 0 Å². The molecule has 1 aliphatic rings. The molecule has 0 radical (unpaired) electrons. The Bertz CT molecular complexity index is 699. The molecule has 0 aliphatic carbocycles. The first-order valence-electron chi connectivity index (χ1n) is 8.08. The Kier molecular flexibility index (Phi) is 4.37. The highest BCUT2D eigenvalue weighted by Gasteiger charge is 2.19. The normalized spacial score (nSPS) is 13.9. The van der Waals surface area contributed by atoms with Crippen LogP contribution in [0.4, 0.5) is 11.6 Å². The van der Waals surface area contributed by atoms with Gasteiger partial charge in [0.25, 0.3) is 0 Å². The van der Waals surface area contributed by atoms with Crippen LogP contribution in [0.3, 0.4) is 0 Å². The number of nitrogens with zero attached hydrogens (tertiary/aromatic N) is 3. The largest absolute Gasteiger partial charge is 0.497 e. The van der Waals surface area contributed by atoms with Gasteiger partial charge >= 0.3 is 0 Å². The zero-order valence-electron chi connectivity index (χ0n) is 14.3. The summed E-state index contributed by atoms with van der Waals surface area (Å²) in [6.07, 6.45) is 1.00. The first-order chi connectivity index (χ1) is 11.0. The van der Waals surface area contributed by atoms with Crippen LogP contribution < -0.4 is 15.0 Å². The van der Waals surface area contributed by atoms with Crippen LogP contribution in [0.5, 0.6) is 5.75 Å². The molecular formula is C18H24N4O. The Morgan fingerprint density at radius 3 is 2.74 bits per heavy atom. The number of fused-ring (bicyclic) bond motifs is 1. The molecule has 3 rings (SSSR count). The second-order valence-corrected chi connectivity index (χ2v) is 6.26. The van der Waals surface area contributed by atoms with Crippen LogP contribution in [-0.2, 0) is 13.0 Å². The van der Waals surface area contributed by atoms with Crippen molar-refractivity contribution in [1.82, 2.24) is 9.97 Å². The zero-order valence-corrected chi connectivity index (χ0v) is 14.3. The smallest absolute Gasteiger partial charge is 0.134 e. The predicted octanol–water partition coefficient (Wildman–Crippen LogP) is 3.18. The Hall–Kier alpha value is -2.30. The highest BCUT2D eigenvalue weighted by molar-refractivity contribution is 5.52. The molecule has 23 heavy (non-hydrogen) atoms. The molecule has 5 heteroatoms.